The molecule has 0 atom stereocenters. The Morgan fingerprint density at radius 2 is 1.86 bits per heavy atom. The molecule has 0 saturated carbocycles. The van der Waals surface area contributed by atoms with E-state index >= 15 is 0 Å². The molecule has 0 fully saturated rings. The van der Waals surface area contributed by atoms with Crippen molar-refractivity contribution >= 4 is 33.0 Å². The van der Waals surface area contributed by atoms with Gasteiger partial charge in [-0.25, -0.2) is 8.42 Å². The fourth-order valence-electron chi connectivity index (χ4n) is 2.77. The number of nitrogens with one attached hydrogen (secondary N) is 1. The predicted molar refractivity (Wildman–Crippen MR) is 110 cm³/mol. The van der Waals surface area contributed by atoms with Crippen molar-refractivity contribution in [2.24, 2.45) is 0 Å². The fourth-order valence-corrected chi connectivity index (χ4v) is 4.21. The lowest BCUT2D eigenvalue weighted by Crippen LogP contribution is -2.13. The van der Waals surface area contributed by atoms with Crippen LogP contribution >= 0.6 is 11.6 Å². The number of aromatic nitrogens is 2. The monoisotopic (exact) mass is 433 g/mol. The summed E-state index contributed by atoms with van der Waals surface area (Å²) in [6, 6.07) is 10.2. The van der Waals surface area contributed by atoms with E-state index in [1.165, 1.54) is 43.5 Å². The first-order valence-electron chi connectivity index (χ1n) is 8.79. The van der Waals surface area contributed by atoms with Crippen LogP contribution in [0.15, 0.2) is 58.5 Å². The molecule has 0 radical (unpaired) electrons. The number of sulfone groups is 1. The van der Waals surface area contributed by atoms with Gasteiger partial charge in [0.05, 0.1) is 28.2 Å². The molecular formula is C20H20ClN3O4S. The molecule has 29 heavy (non-hydrogen) atoms. The van der Waals surface area contributed by atoms with Gasteiger partial charge in [0.15, 0.2) is 0 Å². The first kappa shape index (κ1) is 20.9. The van der Waals surface area contributed by atoms with Gasteiger partial charge in [-0.1, -0.05) is 11.6 Å². The van der Waals surface area contributed by atoms with Crippen molar-refractivity contribution in [3.05, 3.63) is 64.9 Å². The second-order valence-electron chi connectivity index (χ2n) is 6.29. The maximum Gasteiger partial charge on any atom is 0.259 e. The minimum atomic E-state index is -3.83. The van der Waals surface area contributed by atoms with E-state index in [1.54, 1.807) is 23.9 Å². The first-order valence-corrected chi connectivity index (χ1v) is 10.7. The first-order chi connectivity index (χ1) is 13.7. The van der Waals surface area contributed by atoms with E-state index in [1.807, 2.05) is 6.92 Å². The van der Waals surface area contributed by atoms with Crippen LogP contribution in [0.5, 0.6) is 5.75 Å². The Labute approximate surface area is 174 Å². The summed E-state index contributed by atoms with van der Waals surface area (Å²) in [6.07, 6.45) is 1.65. The summed E-state index contributed by atoms with van der Waals surface area (Å²) in [5.41, 5.74) is 1.29. The third-order valence-electron chi connectivity index (χ3n) is 4.32. The van der Waals surface area contributed by atoms with E-state index in [4.69, 9.17) is 16.3 Å². The average Bonchev–Trinajstić information content (AvgIpc) is 3.09. The molecule has 0 aliphatic rings. The molecule has 3 rings (SSSR count). The van der Waals surface area contributed by atoms with Crippen molar-refractivity contribution in [2.75, 3.05) is 12.4 Å². The second-order valence-corrected chi connectivity index (χ2v) is 8.68. The number of rotatable bonds is 6. The molecule has 0 spiro atoms. The van der Waals surface area contributed by atoms with E-state index in [9.17, 15) is 13.2 Å². The van der Waals surface area contributed by atoms with Crippen molar-refractivity contribution < 1.29 is 17.9 Å². The molecule has 0 unspecified atom stereocenters. The van der Waals surface area contributed by atoms with Gasteiger partial charge in [-0.15, -0.1) is 0 Å². The van der Waals surface area contributed by atoms with Crippen LogP contribution in [-0.2, 0) is 16.4 Å². The van der Waals surface area contributed by atoms with Crippen molar-refractivity contribution in [1.29, 1.82) is 0 Å². The number of halogens is 1. The van der Waals surface area contributed by atoms with Crippen LogP contribution in [0, 0.1) is 6.92 Å². The lowest BCUT2D eigenvalue weighted by molar-refractivity contribution is 0.102. The molecule has 7 nitrogen and oxygen atoms in total. The number of carbonyl (C=O) groups excluding carboxylic acids is 1. The molecule has 1 heterocycles. The summed E-state index contributed by atoms with van der Waals surface area (Å²) >= 11 is 5.85. The number of amides is 1. The van der Waals surface area contributed by atoms with E-state index in [-0.39, 0.29) is 15.7 Å². The van der Waals surface area contributed by atoms with Gasteiger partial charge < -0.3 is 10.1 Å². The Balaban J connectivity index is 1.97. The van der Waals surface area contributed by atoms with Crippen molar-refractivity contribution in [3.8, 4) is 5.75 Å². The minimum Gasteiger partial charge on any atom is -0.497 e. The van der Waals surface area contributed by atoms with Gasteiger partial charge in [0.1, 0.15) is 5.75 Å². The normalized spacial score (nSPS) is 11.3. The molecule has 3 aromatic rings. The summed E-state index contributed by atoms with van der Waals surface area (Å²) in [7, 11) is -2.40. The topological polar surface area (TPSA) is 90.3 Å². The number of hydrogen-bond donors (Lipinski definition) is 1. The zero-order valence-corrected chi connectivity index (χ0v) is 17.7. The molecule has 1 N–H and O–H groups in total. The van der Waals surface area contributed by atoms with Gasteiger partial charge in [-0.3, -0.25) is 9.48 Å². The Bertz CT molecular complexity index is 1150. The second kappa shape index (κ2) is 8.26. The van der Waals surface area contributed by atoms with Crippen molar-refractivity contribution in [3.63, 3.8) is 0 Å². The summed E-state index contributed by atoms with van der Waals surface area (Å²) in [4.78, 5) is 12.7. The van der Waals surface area contributed by atoms with Gasteiger partial charge in [0.25, 0.3) is 5.91 Å². The molecule has 1 aromatic heterocycles. The van der Waals surface area contributed by atoms with Crippen LogP contribution in [0.1, 0.15) is 23.0 Å². The number of aryl methyl sites for hydroxylation is 2. The van der Waals surface area contributed by atoms with Gasteiger partial charge in [0.2, 0.25) is 9.84 Å². The predicted octanol–water partition coefficient (Wildman–Crippen LogP) is 3.96. The highest BCUT2D eigenvalue weighted by Crippen LogP contribution is 2.29. The highest BCUT2D eigenvalue weighted by molar-refractivity contribution is 7.91. The SMILES string of the molecule is CCn1cc(C(=O)Nc2cc(OC)cc(S(=O)(=O)c3ccc(Cl)cc3)c2)c(C)n1. The lowest BCUT2D eigenvalue weighted by atomic mass is 10.2. The van der Waals surface area contributed by atoms with Crippen LogP contribution in [-0.4, -0.2) is 31.2 Å². The zero-order valence-electron chi connectivity index (χ0n) is 16.1. The van der Waals surface area contributed by atoms with Crippen LogP contribution in [0.2, 0.25) is 5.02 Å². The number of carbonyl (C=O) groups is 1. The number of ether oxygens (including phenoxy) is 1. The quantitative estimate of drug-likeness (QED) is 0.635. The number of methoxy groups -OCH3 is 1. The van der Waals surface area contributed by atoms with Gasteiger partial charge in [0, 0.05) is 29.5 Å². The minimum absolute atomic E-state index is 0.00422. The zero-order chi connectivity index (χ0) is 21.2. The molecule has 0 saturated heterocycles. The standard InChI is InChI=1S/C20H20ClN3O4S/c1-4-24-12-19(13(2)23-24)20(25)22-15-9-16(28-3)11-18(10-15)29(26,27)17-7-5-14(21)6-8-17/h5-12H,4H2,1-3H3,(H,22,25). The number of benzene rings is 2. The van der Waals surface area contributed by atoms with E-state index in [0.717, 1.165) is 0 Å². The average molecular weight is 434 g/mol. The summed E-state index contributed by atoms with van der Waals surface area (Å²) < 4.78 is 32.9. The third-order valence-corrected chi connectivity index (χ3v) is 6.32. The van der Waals surface area contributed by atoms with E-state index < -0.39 is 9.84 Å². The van der Waals surface area contributed by atoms with E-state index in [2.05, 4.69) is 10.4 Å². The Morgan fingerprint density at radius 3 is 2.45 bits per heavy atom. The number of anilines is 1. The maximum atomic E-state index is 13.0. The highest BCUT2D eigenvalue weighted by atomic mass is 35.5. The van der Waals surface area contributed by atoms with Gasteiger partial charge in [-0.2, -0.15) is 5.10 Å². The molecule has 152 valence electrons. The van der Waals surface area contributed by atoms with Gasteiger partial charge >= 0.3 is 0 Å². The Morgan fingerprint density at radius 1 is 1.17 bits per heavy atom. The Kier molecular flexibility index (Phi) is 5.95. The van der Waals surface area contributed by atoms with Crippen LogP contribution < -0.4 is 10.1 Å². The molecule has 0 aliphatic heterocycles. The summed E-state index contributed by atoms with van der Waals surface area (Å²) in [6.45, 7) is 4.30. The lowest BCUT2D eigenvalue weighted by Gasteiger charge is -2.11. The van der Waals surface area contributed by atoms with Crippen LogP contribution in [0.3, 0.4) is 0 Å². The molecular weight excluding hydrogens is 414 g/mol. The molecule has 2 aromatic carbocycles. The smallest absolute Gasteiger partial charge is 0.259 e. The van der Waals surface area contributed by atoms with Crippen LogP contribution in [0.4, 0.5) is 5.69 Å². The third kappa shape index (κ3) is 4.44. The van der Waals surface area contributed by atoms with E-state index in [0.29, 0.717) is 34.3 Å². The Hall–Kier alpha value is -2.84. The van der Waals surface area contributed by atoms with Crippen molar-refractivity contribution in [1.82, 2.24) is 9.78 Å². The van der Waals surface area contributed by atoms with Crippen LogP contribution in [0.25, 0.3) is 0 Å². The number of hydrogen-bond acceptors (Lipinski definition) is 5. The summed E-state index contributed by atoms with van der Waals surface area (Å²) in [5.74, 6) is -0.0818. The largest absolute Gasteiger partial charge is 0.497 e. The molecule has 0 bridgehead atoms. The molecule has 9 heteroatoms. The molecule has 1 amide bonds. The fraction of sp³-hybridized carbons (Fsp3) is 0.200. The van der Waals surface area contributed by atoms with Crippen molar-refractivity contribution in [2.45, 2.75) is 30.2 Å². The highest BCUT2D eigenvalue weighted by Gasteiger charge is 2.21. The maximum absolute atomic E-state index is 13.0. The van der Waals surface area contributed by atoms with Gasteiger partial charge in [-0.05, 0) is 50.2 Å². The number of nitrogens with zero attached hydrogens (tertiary/aromatic N) is 2. The molecule has 0 aliphatic carbocycles. The summed E-state index contributed by atoms with van der Waals surface area (Å²) in [5, 5.41) is 7.42.